The lowest BCUT2D eigenvalue weighted by molar-refractivity contribution is -0.410. The molecular weight excluding hydrogens is 366 g/mol. The van der Waals surface area contributed by atoms with Crippen molar-refractivity contribution in [2.24, 2.45) is 0 Å². The van der Waals surface area contributed by atoms with Crippen molar-refractivity contribution in [1.82, 2.24) is 5.32 Å². The van der Waals surface area contributed by atoms with E-state index in [1.54, 1.807) is 13.0 Å². The van der Waals surface area contributed by atoms with E-state index in [9.17, 15) is 10.1 Å². The summed E-state index contributed by atoms with van der Waals surface area (Å²) in [6.45, 7) is 2.26. The van der Waals surface area contributed by atoms with Gasteiger partial charge in [0.1, 0.15) is 23.3 Å². The number of ether oxygens (including phenoxy) is 2. The molecule has 0 saturated heterocycles. The molecule has 1 atom stereocenters. The van der Waals surface area contributed by atoms with Crippen molar-refractivity contribution in [2.45, 2.75) is 23.7 Å². The molecule has 136 valence electrons. The molecule has 1 aliphatic heterocycles. The highest BCUT2D eigenvalue weighted by molar-refractivity contribution is 8.00. The number of aromatic nitrogens is 1. The number of pyridine rings is 1. The van der Waals surface area contributed by atoms with Crippen molar-refractivity contribution in [3.63, 3.8) is 0 Å². The van der Waals surface area contributed by atoms with Gasteiger partial charge in [-0.05, 0) is 30.7 Å². The molecule has 0 spiro atoms. The maximum Gasteiger partial charge on any atom is 0.289 e. The molecule has 1 aromatic carbocycles. The number of thioether (sulfide) groups is 1. The molecule has 4 N–H and O–H groups in total. The van der Waals surface area contributed by atoms with Crippen molar-refractivity contribution in [1.29, 1.82) is 10.5 Å². The zero-order valence-electron chi connectivity index (χ0n) is 14.4. The molecular formula is C18H16N5O3S+. The molecule has 0 bridgehead atoms. The van der Waals surface area contributed by atoms with E-state index in [0.717, 1.165) is 5.56 Å². The van der Waals surface area contributed by atoms with E-state index in [0.29, 0.717) is 23.1 Å². The van der Waals surface area contributed by atoms with Crippen LogP contribution in [0.4, 0.5) is 5.82 Å². The molecule has 1 amide bonds. The van der Waals surface area contributed by atoms with Gasteiger partial charge in [0, 0.05) is 6.54 Å². The number of H-pyrrole nitrogens is 1. The van der Waals surface area contributed by atoms with Gasteiger partial charge in [0.2, 0.25) is 12.7 Å². The Morgan fingerprint density at radius 3 is 2.78 bits per heavy atom. The van der Waals surface area contributed by atoms with Crippen molar-refractivity contribution < 1.29 is 19.3 Å². The van der Waals surface area contributed by atoms with E-state index in [1.165, 1.54) is 17.8 Å². The average Bonchev–Trinajstić information content (AvgIpc) is 3.14. The lowest BCUT2D eigenvalue weighted by Gasteiger charge is -2.12. The lowest BCUT2D eigenvalue weighted by Crippen LogP contribution is -2.31. The van der Waals surface area contributed by atoms with Crippen LogP contribution in [0.5, 0.6) is 11.5 Å². The zero-order valence-corrected chi connectivity index (χ0v) is 15.2. The summed E-state index contributed by atoms with van der Waals surface area (Å²) in [6, 6.07) is 10.8. The minimum Gasteiger partial charge on any atom is -0.454 e. The fourth-order valence-electron chi connectivity index (χ4n) is 2.43. The Kier molecular flexibility index (Phi) is 5.34. The number of nitriles is 2. The third-order valence-electron chi connectivity index (χ3n) is 3.88. The number of fused-ring (bicyclic) bond motifs is 1. The molecule has 0 saturated carbocycles. The highest BCUT2D eigenvalue weighted by Crippen LogP contribution is 2.32. The number of nitrogens with two attached hydrogens (primary N) is 1. The number of nitrogen functional groups attached to an aromatic ring is 1. The summed E-state index contributed by atoms with van der Waals surface area (Å²) in [5, 5.41) is 21.1. The molecule has 0 radical (unpaired) electrons. The van der Waals surface area contributed by atoms with Gasteiger partial charge in [0.15, 0.2) is 16.5 Å². The second-order valence-corrected chi connectivity index (χ2v) is 7.08. The minimum absolute atomic E-state index is 0.159. The molecule has 0 aliphatic carbocycles. The Balaban J connectivity index is 1.64. The summed E-state index contributed by atoms with van der Waals surface area (Å²) < 4.78 is 10.6. The molecule has 3 rings (SSSR count). The minimum atomic E-state index is -0.477. The molecule has 9 heteroatoms. The zero-order chi connectivity index (χ0) is 19.4. The Bertz CT molecular complexity index is 980. The molecule has 27 heavy (non-hydrogen) atoms. The molecule has 1 aromatic heterocycles. The Hall–Kier alpha value is -3.43. The first kappa shape index (κ1) is 18.4. The highest BCUT2D eigenvalue weighted by Gasteiger charge is 2.21. The number of rotatable bonds is 5. The first-order valence-corrected chi connectivity index (χ1v) is 8.88. The Morgan fingerprint density at radius 2 is 2.04 bits per heavy atom. The van der Waals surface area contributed by atoms with E-state index in [2.05, 4.69) is 10.3 Å². The van der Waals surface area contributed by atoms with Crippen molar-refractivity contribution >= 4 is 23.5 Å². The van der Waals surface area contributed by atoms with Gasteiger partial charge in [-0.1, -0.05) is 17.8 Å². The number of carbonyl (C=O) groups is 1. The lowest BCUT2D eigenvalue weighted by atomic mass is 10.2. The maximum atomic E-state index is 12.4. The first-order valence-electron chi connectivity index (χ1n) is 8.00. The molecule has 0 fully saturated rings. The second-order valence-electron chi connectivity index (χ2n) is 5.73. The number of nitrogens with one attached hydrogen (secondary N) is 2. The standard InChI is InChI=1S/C18H15N5O3S/c1-10(27-18-13(7-20)5-12(6-19)16(21)23-18)17(24)22-8-11-2-3-14-15(4-11)26-9-25-14/h2-5,10H,8-9H2,1H3,(H2,21,23)(H,22,24)/p+1/t10-/m1/s1. The van der Waals surface area contributed by atoms with Crippen LogP contribution in [-0.4, -0.2) is 18.0 Å². The van der Waals surface area contributed by atoms with E-state index >= 15 is 0 Å². The molecule has 8 nitrogen and oxygen atoms in total. The van der Waals surface area contributed by atoms with Crippen molar-refractivity contribution in [2.75, 3.05) is 12.5 Å². The van der Waals surface area contributed by atoms with Gasteiger partial charge in [0.05, 0.1) is 5.25 Å². The number of aromatic amines is 1. The van der Waals surface area contributed by atoms with Crippen molar-refractivity contribution in [3.8, 4) is 23.6 Å². The quantitative estimate of drug-likeness (QED) is 0.745. The normalized spacial score (nSPS) is 12.7. The SMILES string of the molecule is C[C@@H](Sc1[nH+]c(N)c(C#N)cc1C#N)C(=O)NCc1ccc2c(c1)OCO2. The van der Waals surface area contributed by atoms with Gasteiger partial charge < -0.3 is 14.8 Å². The van der Waals surface area contributed by atoms with Gasteiger partial charge in [-0.25, -0.2) is 4.98 Å². The van der Waals surface area contributed by atoms with Crippen molar-refractivity contribution in [3.05, 3.63) is 41.0 Å². The number of nitrogens with zero attached hydrogens (tertiary/aromatic N) is 2. The van der Waals surface area contributed by atoms with Crippen LogP contribution in [-0.2, 0) is 11.3 Å². The van der Waals surface area contributed by atoms with Crippen LogP contribution in [0.2, 0.25) is 0 Å². The molecule has 2 aromatic rings. The van der Waals surface area contributed by atoms with Gasteiger partial charge in [-0.3, -0.25) is 10.5 Å². The van der Waals surface area contributed by atoms with Gasteiger partial charge in [-0.15, -0.1) is 0 Å². The number of carbonyl (C=O) groups excluding carboxylic acids is 1. The van der Waals surface area contributed by atoms with Gasteiger partial charge in [0.25, 0.3) is 5.82 Å². The number of anilines is 1. The monoisotopic (exact) mass is 382 g/mol. The largest absolute Gasteiger partial charge is 0.454 e. The highest BCUT2D eigenvalue weighted by atomic mass is 32.2. The summed E-state index contributed by atoms with van der Waals surface area (Å²) in [5.41, 5.74) is 7.10. The van der Waals surface area contributed by atoms with E-state index in [1.807, 2.05) is 24.3 Å². The number of benzene rings is 1. The van der Waals surface area contributed by atoms with Crippen LogP contribution in [0, 0.1) is 22.7 Å². The van der Waals surface area contributed by atoms with Crippen LogP contribution in [0.1, 0.15) is 23.6 Å². The summed E-state index contributed by atoms with van der Waals surface area (Å²) in [6.07, 6.45) is 0. The topological polar surface area (TPSA) is 135 Å². The number of amides is 1. The Labute approximate surface area is 159 Å². The third-order valence-corrected chi connectivity index (χ3v) is 5.01. The fraction of sp³-hybridized carbons (Fsp3) is 0.222. The van der Waals surface area contributed by atoms with Gasteiger partial charge >= 0.3 is 0 Å². The first-order chi connectivity index (χ1) is 13.0. The van der Waals surface area contributed by atoms with E-state index in [4.69, 9.17) is 20.5 Å². The average molecular weight is 382 g/mol. The van der Waals surface area contributed by atoms with Crippen LogP contribution in [0.3, 0.4) is 0 Å². The van der Waals surface area contributed by atoms with Crippen LogP contribution in [0.15, 0.2) is 29.3 Å². The van der Waals surface area contributed by atoms with E-state index < -0.39 is 5.25 Å². The summed E-state index contributed by atoms with van der Waals surface area (Å²) in [4.78, 5) is 15.2. The molecule has 0 unspecified atom stereocenters. The summed E-state index contributed by atoms with van der Waals surface area (Å²) in [7, 11) is 0. The predicted octanol–water partition coefficient (Wildman–Crippen LogP) is 1.35. The predicted molar refractivity (Wildman–Crippen MR) is 96.6 cm³/mol. The number of hydrogen-bond donors (Lipinski definition) is 2. The smallest absolute Gasteiger partial charge is 0.289 e. The summed E-state index contributed by atoms with van der Waals surface area (Å²) in [5.74, 6) is 1.31. The van der Waals surface area contributed by atoms with Crippen LogP contribution < -0.4 is 25.5 Å². The number of hydrogen-bond acceptors (Lipinski definition) is 7. The van der Waals surface area contributed by atoms with Gasteiger partial charge in [-0.2, -0.15) is 10.5 Å². The maximum absolute atomic E-state index is 12.4. The Morgan fingerprint density at radius 1 is 1.30 bits per heavy atom. The fourth-order valence-corrected chi connectivity index (χ4v) is 3.37. The van der Waals surface area contributed by atoms with Crippen LogP contribution >= 0.6 is 11.8 Å². The molecule has 1 aliphatic rings. The van der Waals surface area contributed by atoms with Crippen LogP contribution in [0.25, 0.3) is 0 Å². The third kappa shape index (κ3) is 4.05. The molecule has 2 heterocycles. The summed E-state index contributed by atoms with van der Waals surface area (Å²) >= 11 is 1.17. The second kappa shape index (κ2) is 7.85. The van der Waals surface area contributed by atoms with E-state index in [-0.39, 0.29) is 29.6 Å².